The number of amides is 1. The highest BCUT2D eigenvalue weighted by Gasteiger charge is 2.14. The molecule has 4 nitrogen and oxygen atoms in total. The molecule has 0 aliphatic heterocycles. The number of hydrogen-bond donors (Lipinski definition) is 1. The molecule has 0 radical (unpaired) electrons. The van der Waals surface area contributed by atoms with Crippen LogP contribution in [-0.4, -0.2) is 15.7 Å². The molecule has 1 aromatic carbocycles. The van der Waals surface area contributed by atoms with Crippen molar-refractivity contribution in [3.8, 4) is 5.69 Å². The van der Waals surface area contributed by atoms with Crippen LogP contribution in [0.5, 0.6) is 0 Å². The third-order valence-corrected chi connectivity index (χ3v) is 3.59. The number of nitrogens with one attached hydrogen (secondary N) is 1. The Morgan fingerprint density at radius 2 is 1.86 bits per heavy atom. The fourth-order valence-electron chi connectivity index (χ4n) is 2.30. The van der Waals surface area contributed by atoms with Gasteiger partial charge in [-0.3, -0.25) is 4.79 Å². The molecule has 0 saturated heterocycles. The van der Waals surface area contributed by atoms with Crippen molar-refractivity contribution in [2.45, 2.75) is 47.0 Å². The minimum Gasteiger partial charge on any atom is -0.323 e. The lowest BCUT2D eigenvalue weighted by Gasteiger charge is -2.07. The molecule has 2 aromatic rings. The topological polar surface area (TPSA) is 46.9 Å². The molecule has 0 unspecified atom stereocenters. The first-order valence-corrected chi connectivity index (χ1v) is 7.46. The van der Waals surface area contributed by atoms with Crippen molar-refractivity contribution in [2.24, 2.45) is 0 Å². The summed E-state index contributed by atoms with van der Waals surface area (Å²) in [7, 11) is 0. The standard InChI is InChI=1S/C17H23N3O/c1-5-6-7-16(21)18-17-13(3)19-20(14(17)4)15-10-8-12(2)9-11-15/h8-11H,5-7H2,1-4H3,(H,18,21). The van der Waals surface area contributed by atoms with Gasteiger partial charge in [-0.1, -0.05) is 31.0 Å². The molecule has 1 N–H and O–H groups in total. The molecule has 1 aromatic heterocycles. The predicted octanol–water partition coefficient (Wildman–Crippen LogP) is 3.93. The van der Waals surface area contributed by atoms with Gasteiger partial charge in [0, 0.05) is 6.42 Å². The Bertz CT molecular complexity index is 626. The van der Waals surface area contributed by atoms with E-state index in [1.54, 1.807) is 0 Å². The average Bonchev–Trinajstić information content (AvgIpc) is 2.74. The summed E-state index contributed by atoms with van der Waals surface area (Å²) in [4.78, 5) is 11.9. The number of carbonyl (C=O) groups is 1. The molecule has 0 atom stereocenters. The average molecular weight is 285 g/mol. The van der Waals surface area contributed by atoms with Gasteiger partial charge in [0.05, 0.1) is 22.8 Å². The Kier molecular flexibility index (Phi) is 4.78. The van der Waals surface area contributed by atoms with E-state index in [9.17, 15) is 4.79 Å². The zero-order valence-corrected chi connectivity index (χ0v) is 13.2. The molecule has 1 amide bonds. The van der Waals surface area contributed by atoms with Crippen LogP contribution in [0.4, 0.5) is 5.69 Å². The molecule has 2 rings (SSSR count). The zero-order chi connectivity index (χ0) is 15.4. The summed E-state index contributed by atoms with van der Waals surface area (Å²) in [6.45, 7) is 8.05. The number of benzene rings is 1. The van der Waals surface area contributed by atoms with Crippen molar-refractivity contribution in [1.29, 1.82) is 0 Å². The van der Waals surface area contributed by atoms with Crippen LogP contribution in [0.15, 0.2) is 24.3 Å². The van der Waals surface area contributed by atoms with Gasteiger partial charge in [-0.2, -0.15) is 5.10 Å². The second-order valence-electron chi connectivity index (χ2n) is 5.44. The second-order valence-corrected chi connectivity index (χ2v) is 5.44. The number of rotatable bonds is 5. The van der Waals surface area contributed by atoms with Crippen LogP contribution in [0.1, 0.15) is 43.1 Å². The number of hydrogen-bond acceptors (Lipinski definition) is 2. The van der Waals surface area contributed by atoms with Crippen LogP contribution in [0.2, 0.25) is 0 Å². The molecule has 0 aliphatic carbocycles. The normalized spacial score (nSPS) is 10.7. The van der Waals surface area contributed by atoms with Crippen molar-refractivity contribution in [1.82, 2.24) is 9.78 Å². The molecule has 0 spiro atoms. The van der Waals surface area contributed by atoms with Gasteiger partial charge in [0.2, 0.25) is 5.91 Å². The van der Waals surface area contributed by atoms with Crippen LogP contribution in [0.3, 0.4) is 0 Å². The van der Waals surface area contributed by atoms with Gasteiger partial charge >= 0.3 is 0 Å². The van der Waals surface area contributed by atoms with E-state index in [-0.39, 0.29) is 5.91 Å². The summed E-state index contributed by atoms with van der Waals surface area (Å²) in [5, 5.41) is 7.54. The van der Waals surface area contributed by atoms with E-state index in [0.717, 1.165) is 35.6 Å². The highest BCUT2D eigenvalue weighted by Crippen LogP contribution is 2.23. The van der Waals surface area contributed by atoms with Crippen LogP contribution in [-0.2, 0) is 4.79 Å². The number of unbranched alkanes of at least 4 members (excludes halogenated alkanes) is 1. The van der Waals surface area contributed by atoms with Crippen molar-refractivity contribution in [2.75, 3.05) is 5.32 Å². The number of aryl methyl sites for hydroxylation is 2. The molecule has 0 aliphatic rings. The van der Waals surface area contributed by atoms with Crippen molar-refractivity contribution < 1.29 is 4.79 Å². The van der Waals surface area contributed by atoms with Gasteiger partial charge in [-0.05, 0) is 39.3 Å². The third-order valence-electron chi connectivity index (χ3n) is 3.59. The maximum atomic E-state index is 11.9. The summed E-state index contributed by atoms with van der Waals surface area (Å²) in [5.41, 5.74) is 4.86. The van der Waals surface area contributed by atoms with Gasteiger partial charge in [-0.25, -0.2) is 4.68 Å². The highest BCUT2D eigenvalue weighted by atomic mass is 16.1. The van der Waals surface area contributed by atoms with Crippen molar-refractivity contribution in [3.05, 3.63) is 41.2 Å². The van der Waals surface area contributed by atoms with Crippen molar-refractivity contribution in [3.63, 3.8) is 0 Å². The Balaban J connectivity index is 2.25. The minimum absolute atomic E-state index is 0.0616. The molecule has 0 saturated carbocycles. The fraction of sp³-hybridized carbons (Fsp3) is 0.412. The Morgan fingerprint density at radius 1 is 1.19 bits per heavy atom. The largest absolute Gasteiger partial charge is 0.323 e. The first kappa shape index (κ1) is 15.3. The molecular formula is C17H23N3O. The molecule has 21 heavy (non-hydrogen) atoms. The molecule has 0 fully saturated rings. The molecule has 112 valence electrons. The number of aromatic nitrogens is 2. The maximum Gasteiger partial charge on any atom is 0.224 e. The Morgan fingerprint density at radius 3 is 2.48 bits per heavy atom. The van der Waals surface area contributed by atoms with Crippen LogP contribution >= 0.6 is 0 Å². The van der Waals surface area contributed by atoms with E-state index in [4.69, 9.17) is 0 Å². The second kappa shape index (κ2) is 6.57. The van der Waals surface area contributed by atoms with Crippen LogP contribution in [0.25, 0.3) is 5.69 Å². The fourth-order valence-corrected chi connectivity index (χ4v) is 2.30. The van der Waals surface area contributed by atoms with E-state index >= 15 is 0 Å². The van der Waals surface area contributed by atoms with Crippen LogP contribution in [0, 0.1) is 20.8 Å². The SMILES string of the molecule is CCCCC(=O)Nc1c(C)nn(-c2ccc(C)cc2)c1C. The van der Waals surface area contributed by atoms with Gasteiger partial charge in [0.1, 0.15) is 0 Å². The Labute approximate surface area is 126 Å². The van der Waals surface area contributed by atoms with Gasteiger partial charge < -0.3 is 5.32 Å². The lowest BCUT2D eigenvalue weighted by atomic mass is 10.2. The van der Waals surface area contributed by atoms with Crippen LogP contribution < -0.4 is 5.32 Å². The first-order chi connectivity index (χ1) is 10.0. The summed E-state index contributed by atoms with van der Waals surface area (Å²) >= 11 is 0. The van der Waals surface area contributed by atoms with E-state index < -0.39 is 0 Å². The smallest absolute Gasteiger partial charge is 0.224 e. The Hall–Kier alpha value is -2.10. The monoisotopic (exact) mass is 285 g/mol. The summed E-state index contributed by atoms with van der Waals surface area (Å²) < 4.78 is 1.88. The quantitative estimate of drug-likeness (QED) is 0.905. The number of nitrogens with zero attached hydrogens (tertiary/aromatic N) is 2. The number of anilines is 1. The molecular weight excluding hydrogens is 262 g/mol. The predicted molar refractivity (Wildman–Crippen MR) is 85.9 cm³/mol. The molecule has 4 heteroatoms. The maximum absolute atomic E-state index is 11.9. The molecule has 0 bridgehead atoms. The minimum atomic E-state index is 0.0616. The lowest BCUT2D eigenvalue weighted by molar-refractivity contribution is -0.116. The lowest BCUT2D eigenvalue weighted by Crippen LogP contribution is -2.12. The first-order valence-electron chi connectivity index (χ1n) is 7.46. The molecule has 1 heterocycles. The van der Waals surface area contributed by atoms with E-state index in [2.05, 4.69) is 36.4 Å². The van der Waals surface area contributed by atoms with E-state index in [1.807, 2.05) is 30.7 Å². The number of carbonyl (C=O) groups excluding carboxylic acids is 1. The zero-order valence-electron chi connectivity index (χ0n) is 13.2. The van der Waals surface area contributed by atoms with Gasteiger partial charge in [-0.15, -0.1) is 0 Å². The van der Waals surface area contributed by atoms with E-state index in [1.165, 1.54) is 5.56 Å². The highest BCUT2D eigenvalue weighted by molar-refractivity contribution is 5.91. The summed E-state index contributed by atoms with van der Waals surface area (Å²) in [6, 6.07) is 8.20. The van der Waals surface area contributed by atoms with E-state index in [0.29, 0.717) is 6.42 Å². The van der Waals surface area contributed by atoms with Gasteiger partial charge in [0.25, 0.3) is 0 Å². The summed E-state index contributed by atoms with van der Waals surface area (Å²) in [6.07, 6.45) is 2.50. The third kappa shape index (κ3) is 3.51. The van der Waals surface area contributed by atoms with Crippen molar-refractivity contribution >= 4 is 11.6 Å². The van der Waals surface area contributed by atoms with Gasteiger partial charge in [0.15, 0.2) is 0 Å². The summed E-state index contributed by atoms with van der Waals surface area (Å²) in [5.74, 6) is 0.0616.